The van der Waals surface area contributed by atoms with E-state index in [1.807, 2.05) is 39.0 Å². The number of nitrogens with zero attached hydrogens (tertiary/aromatic N) is 4. The molecule has 0 radical (unpaired) electrons. The van der Waals surface area contributed by atoms with Gasteiger partial charge in [-0.05, 0) is 45.2 Å². The standard InChI is InChI=1S/C22H34N8O/c1-4-17(24)19-20(25-11-14-31-5-2)21(27-18-8-6-7-15(3)26-18)29-22(28-19)30-12-9-16(23)10-13-30/h6-8,16,24-25H,4-5,9-14,23H2,1-3H3,(H,26,27,28,29). The molecule has 0 bridgehead atoms. The Labute approximate surface area is 184 Å². The molecule has 3 rings (SSSR count). The van der Waals surface area contributed by atoms with Crippen molar-refractivity contribution < 1.29 is 4.74 Å². The van der Waals surface area contributed by atoms with Crippen LogP contribution in [-0.2, 0) is 4.74 Å². The lowest BCUT2D eigenvalue weighted by Crippen LogP contribution is -2.40. The number of hydrogen-bond donors (Lipinski definition) is 4. The van der Waals surface area contributed by atoms with Crippen molar-refractivity contribution in [1.29, 1.82) is 5.41 Å². The first-order chi connectivity index (χ1) is 15.0. The van der Waals surface area contributed by atoms with Crippen LogP contribution in [0.3, 0.4) is 0 Å². The van der Waals surface area contributed by atoms with Crippen LogP contribution in [0.5, 0.6) is 0 Å². The van der Waals surface area contributed by atoms with Crippen molar-refractivity contribution in [3.8, 4) is 0 Å². The summed E-state index contributed by atoms with van der Waals surface area (Å²) in [6, 6.07) is 6.03. The highest BCUT2D eigenvalue weighted by atomic mass is 16.5. The van der Waals surface area contributed by atoms with Crippen LogP contribution >= 0.6 is 0 Å². The van der Waals surface area contributed by atoms with Crippen LogP contribution in [0.2, 0.25) is 0 Å². The number of pyridine rings is 1. The van der Waals surface area contributed by atoms with E-state index >= 15 is 0 Å². The van der Waals surface area contributed by atoms with Crippen molar-refractivity contribution in [2.75, 3.05) is 48.4 Å². The first kappa shape index (κ1) is 22.9. The molecule has 2 aromatic rings. The second kappa shape index (κ2) is 11.0. The number of rotatable bonds is 10. The van der Waals surface area contributed by atoms with Crippen LogP contribution in [0, 0.1) is 12.3 Å². The fourth-order valence-electron chi connectivity index (χ4n) is 3.46. The third-order valence-electron chi connectivity index (χ3n) is 5.25. The molecular formula is C22H34N8O. The van der Waals surface area contributed by atoms with Crippen LogP contribution in [0.25, 0.3) is 0 Å². The van der Waals surface area contributed by atoms with Gasteiger partial charge in [0.25, 0.3) is 0 Å². The monoisotopic (exact) mass is 426 g/mol. The highest BCUT2D eigenvalue weighted by Crippen LogP contribution is 2.30. The summed E-state index contributed by atoms with van der Waals surface area (Å²) in [5, 5.41) is 15.3. The minimum atomic E-state index is 0.221. The van der Waals surface area contributed by atoms with Crippen LogP contribution in [0.4, 0.5) is 23.3 Å². The zero-order chi connectivity index (χ0) is 22.2. The Kier molecular flexibility index (Phi) is 8.13. The largest absolute Gasteiger partial charge is 0.380 e. The van der Waals surface area contributed by atoms with Gasteiger partial charge in [0.05, 0.1) is 12.3 Å². The topological polar surface area (TPSA) is 125 Å². The Morgan fingerprint density at radius 1 is 1.23 bits per heavy atom. The SMILES string of the molecule is CCOCCNc1c(Nc2cccc(C)n2)nc(N2CCC(N)CC2)nc1C(=N)CC. The predicted molar refractivity (Wildman–Crippen MR) is 126 cm³/mol. The van der Waals surface area contributed by atoms with Gasteiger partial charge in [0.2, 0.25) is 5.95 Å². The van der Waals surface area contributed by atoms with Crippen LogP contribution in [0.15, 0.2) is 18.2 Å². The van der Waals surface area contributed by atoms with E-state index in [1.165, 1.54) is 0 Å². The summed E-state index contributed by atoms with van der Waals surface area (Å²) < 4.78 is 5.47. The molecule has 0 spiro atoms. The summed E-state index contributed by atoms with van der Waals surface area (Å²) in [5.74, 6) is 1.93. The molecule has 1 saturated heterocycles. The molecule has 9 nitrogen and oxygen atoms in total. The number of ether oxygens (including phenoxy) is 1. The second-order valence-corrected chi connectivity index (χ2v) is 7.67. The molecule has 0 atom stereocenters. The minimum Gasteiger partial charge on any atom is -0.380 e. The Balaban J connectivity index is 2.00. The maximum Gasteiger partial charge on any atom is 0.228 e. The zero-order valence-electron chi connectivity index (χ0n) is 18.7. The van der Waals surface area contributed by atoms with Gasteiger partial charge in [-0.2, -0.15) is 4.98 Å². The molecular weight excluding hydrogens is 392 g/mol. The first-order valence-electron chi connectivity index (χ1n) is 11.0. The number of aromatic nitrogens is 3. The number of hydrogen-bond acceptors (Lipinski definition) is 9. The highest BCUT2D eigenvalue weighted by molar-refractivity contribution is 6.03. The van der Waals surface area contributed by atoms with Gasteiger partial charge in [-0.15, -0.1) is 0 Å². The molecule has 9 heteroatoms. The third-order valence-corrected chi connectivity index (χ3v) is 5.25. The Hall–Kier alpha value is -2.78. The molecule has 2 aromatic heterocycles. The normalized spacial score (nSPS) is 14.5. The van der Waals surface area contributed by atoms with Crippen molar-refractivity contribution in [1.82, 2.24) is 15.0 Å². The van der Waals surface area contributed by atoms with E-state index in [-0.39, 0.29) is 6.04 Å². The predicted octanol–water partition coefficient (Wildman–Crippen LogP) is 3.08. The molecule has 0 aliphatic carbocycles. The van der Waals surface area contributed by atoms with Gasteiger partial charge in [0, 0.05) is 38.0 Å². The summed E-state index contributed by atoms with van der Waals surface area (Å²) in [6.07, 6.45) is 2.38. The van der Waals surface area contributed by atoms with Crippen molar-refractivity contribution in [2.45, 2.75) is 46.1 Å². The molecule has 0 amide bonds. The molecule has 3 heterocycles. The van der Waals surface area contributed by atoms with E-state index < -0.39 is 0 Å². The number of nitrogens with two attached hydrogens (primary N) is 1. The molecule has 0 aromatic carbocycles. The lowest BCUT2D eigenvalue weighted by atomic mass is 10.1. The fourth-order valence-corrected chi connectivity index (χ4v) is 3.46. The van der Waals surface area contributed by atoms with Crippen molar-refractivity contribution in [3.05, 3.63) is 29.6 Å². The van der Waals surface area contributed by atoms with E-state index in [9.17, 15) is 0 Å². The van der Waals surface area contributed by atoms with Crippen LogP contribution in [-0.4, -0.2) is 59.6 Å². The van der Waals surface area contributed by atoms with E-state index in [0.29, 0.717) is 60.9 Å². The molecule has 1 fully saturated rings. The number of piperidine rings is 1. The average Bonchev–Trinajstić information content (AvgIpc) is 2.77. The van der Waals surface area contributed by atoms with Crippen molar-refractivity contribution in [2.24, 2.45) is 5.73 Å². The van der Waals surface area contributed by atoms with E-state index in [1.54, 1.807) is 0 Å². The first-order valence-corrected chi connectivity index (χ1v) is 11.0. The van der Waals surface area contributed by atoms with Crippen LogP contribution in [0.1, 0.15) is 44.5 Å². The Bertz CT molecular complexity index is 880. The van der Waals surface area contributed by atoms with E-state index in [2.05, 4.69) is 20.5 Å². The van der Waals surface area contributed by atoms with Gasteiger partial charge in [-0.1, -0.05) is 13.0 Å². The fraction of sp³-hybridized carbons (Fsp3) is 0.545. The maximum absolute atomic E-state index is 8.55. The van der Waals surface area contributed by atoms with Gasteiger partial charge in [-0.3, -0.25) is 0 Å². The number of anilines is 4. The Morgan fingerprint density at radius 2 is 2.00 bits per heavy atom. The molecule has 5 N–H and O–H groups in total. The minimum absolute atomic E-state index is 0.221. The molecule has 0 unspecified atom stereocenters. The number of aryl methyl sites for hydroxylation is 1. The summed E-state index contributed by atoms with van der Waals surface area (Å²) in [7, 11) is 0. The van der Waals surface area contributed by atoms with Gasteiger partial charge in [0.1, 0.15) is 17.2 Å². The van der Waals surface area contributed by atoms with Crippen molar-refractivity contribution in [3.63, 3.8) is 0 Å². The number of nitrogens with one attached hydrogen (secondary N) is 3. The average molecular weight is 427 g/mol. The zero-order valence-corrected chi connectivity index (χ0v) is 18.7. The quantitative estimate of drug-likeness (QED) is 0.337. The van der Waals surface area contributed by atoms with Gasteiger partial charge < -0.3 is 31.4 Å². The smallest absolute Gasteiger partial charge is 0.228 e. The maximum atomic E-state index is 8.55. The molecule has 31 heavy (non-hydrogen) atoms. The summed E-state index contributed by atoms with van der Waals surface area (Å²) in [6.45, 7) is 9.30. The third kappa shape index (κ3) is 6.11. The molecule has 1 aliphatic heterocycles. The Morgan fingerprint density at radius 3 is 2.68 bits per heavy atom. The highest BCUT2D eigenvalue weighted by Gasteiger charge is 2.23. The van der Waals surface area contributed by atoms with Gasteiger partial charge >= 0.3 is 0 Å². The molecule has 0 saturated carbocycles. The van der Waals surface area contributed by atoms with E-state index in [0.717, 1.165) is 31.6 Å². The second-order valence-electron chi connectivity index (χ2n) is 7.67. The lowest BCUT2D eigenvalue weighted by molar-refractivity contribution is 0.158. The van der Waals surface area contributed by atoms with E-state index in [4.69, 9.17) is 25.8 Å². The molecule has 1 aliphatic rings. The molecule has 168 valence electrons. The summed E-state index contributed by atoms with van der Waals surface area (Å²) >= 11 is 0. The van der Waals surface area contributed by atoms with Gasteiger partial charge in [0.15, 0.2) is 5.82 Å². The summed E-state index contributed by atoms with van der Waals surface area (Å²) in [4.78, 5) is 16.3. The van der Waals surface area contributed by atoms with Crippen molar-refractivity contribution >= 4 is 29.0 Å². The van der Waals surface area contributed by atoms with Crippen LogP contribution < -0.4 is 21.3 Å². The van der Waals surface area contributed by atoms with Gasteiger partial charge in [-0.25, -0.2) is 9.97 Å². The lowest BCUT2D eigenvalue weighted by Gasteiger charge is -2.31. The summed E-state index contributed by atoms with van der Waals surface area (Å²) in [5.41, 5.74) is 8.76.